The first-order valence-corrected chi connectivity index (χ1v) is 13.2. The number of hydrogen-bond donors (Lipinski definition) is 0. The Labute approximate surface area is 201 Å². The second kappa shape index (κ2) is 7.53. The lowest BCUT2D eigenvalue weighted by Crippen LogP contribution is -2.54. The third-order valence-electron chi connectivity index (χ3n) is 9.70. The van der Waals surface area contributed by atoms with Crippen LogP contribution < -0.4 is 4.74 Å². The number of fused-ring (bicyclic) bond motifs is 1. The van der Waals surface area contributed by atoms with Crippen LogP contribution in [0.5, 0.6) is 5.88 Å². The maximum atomic E-state index is 13.7. The fraction of sp³-hybridized carbons (Fsp3) is 0.704. The highest BCUT2D eigenvalue weighted by atomic mass is 16.5. The zero-order chi connectivity index (χ0) is 23.0. The van der Waals surface area contributed by atoms with Gasteiger partial charge < -0.3 is 9.64 Å². The van der Waals surface area contributed by atoms with Crippen LogP contribution >= 0.6 is 0 Å². The van der Waals surface area contributed by atoms with Crippen LogP contribution in [0.3, 0.4) is 0 Å². The summed E-state index contributed by atoms with van der Waals surface area (Å²) in [6.07, 6.45) is 11.9. The number of hydrogen-bond acceptors (Lipinski definition) is 5. The third kappa shape index (κ3) is 3.37. The average Bonchev–Trinajstić information content (AvgIpc) is 3.45. The van der Waals surface area contributed by atoms with Crippen LogP contribution in [0.15, 0.2) is 18.3 Å². The molecule has 7 nitrogen and oxygen atoms in total. The van der Waals surface area contributed by atoms with Gasteiger partial charge in [-0.2, -0.15) is 5.10 Å². The Morgan fingerprint density at radius 1 is 0.971 bits per heavy atom. The number of carbonyl (C=O) groups is 1. The Hall–Kier alpha value is -2.44. The van der Waals surface area contributed by atoms with Gasteiger partial charge in [0.2, 0.25) is 11.8 Å². The van der Waals surface area contributed by atoms with Gasteiger partial charge in [0.1, 0.15) is 6.10 Å². The molecule has 0 N–H and O–H groups in total. The summed E-state index contributed by atoms with van der Waals surface area (Å²) in [6, 6.07) is 3.89. The number of aryl methyl sites for hydroxylation is 2. The molecule has 0 radical (unpaired) electrons. The van der Waals surface area contributed by atoms with Crippen molar-refractivity contribution in [2.75, 3.05) is 13.1 Å². The van der Waals surface area contributed by atoms with Crippen molar-refractivity contribution in [3.05, 3.63) is 24.0 Å². The first kappa shape index (κ1) is 20.9. The van der Waals surface area contributed by atoms with Crippen LogP contribution in [0, 0.1) is 41.9 Å². The number of nitrogens with zero attached hydrogens (tertiary/aromatic N) is 5. The fourth-order valence-electron chi connectivity index (χ4n) is 8.76. The smallest absolute Gasteiger partial charge is 0.233 e. The second-order valence-electron chi connectivity index (χ2n) is 12.2. The average molecular weight is 462 g/mol. The molecule has 5 saturated carbocycles. The SMILES string of the molecule is Cc1nn(C)cc1-c1ccc(OC2C[C@@H]3CN(C(=O)C45CC6CC(CC(C6)C4)C5)C[C@@H]3C2)nn1. The summed E-state index contributed by atoms with van der Waals surface area (Å²) in [4.78, 5) is 16.0. The highest BCUT2D eigenvalue weighted by Gasteiger charge is 2.57. The van der Waals surface area contributed by atoms with Crippen molar-refractivity contribution >= 4 is 5.91 Å². The molecule has 3 atom stereocenters. The van der Waals surface area contributed by atoms with Gasteiger partial charge in [-0.05, 0) is 93.9 Å². The molecule has 34 heavy (non-hydrogen) atoms. The first-order valence-electron chi connectivity index (χ1n) is 13.2. The van der Waals surface area contributed by atoms with E-state index in [1.54, 1.807) is 4.68 Å². The highest BCUT2D eigenvalue weighted by Crippen LogP contribution is 2.61. The maximum Gasteiger partial charge on any atom is 0.233 e. The Morgan fingerprint density at radius 3 is 2.15 bits per heavy atom. The second-order valence-corrected chi connectivity index (χ2v) is 12.2. The summed E-state index contributed by atoms with van der Waals surface area (Å²) in [5.41, 5.74) is 2.76. The number of rotatable bonds is 4. The predicted octanol–water partition coefficient (Wildman–Crippen LogP) is 4.02. The summed E-state index contributed by atoms with van der Waals surface area (Å²) < 4.78 is 8.03. The van der Waals surface area contributed by atoms with Crippen LogP contribution in [0.4, 0.5) is 0 Å². The molecule has 6 aliphatic rings. The topological polar surface area (TPSA) is 73.1 Å². The first-order chi connectivity index (χ1) is 16.4. The molecule has 4 bridgehead atoms. The quantitative estimate of drug-likeness (QED) is 0.688. The standard InChI is InChI=1S/C27H35N5O2/c1-16-23(15-31(2)30-16)24-3-4-25(29-28-24)34-22-8-20-13-32(14-21(20)9-22)26(33)27-10-17-5-18(11-27)7-19(6-17)12-27/h3-4,15,17-22H,5-14H2,1-2H3/t17?,18?,19?,20-,21+,22?,27?. The minimum atomic E-state index is -0.00669. The van der Waals surface area contributed by atoms with E-state index in [0.717, 1.165) is 60.6 Å². The van der Waals surface area contributed by atoms with Gasteiger partial charge in [0, 0.05) is 38.0 Å². The summed E-state index contributed by atoms with van der Waals surface area (Å²) in [5, 5.41) is 13.1. The van der Waals surface area contributed by atoms with Crippen LogP contribution in [0.2, 0.25) is 0 Å². The van der Waals surface area contributed by atoms with Gasteiger partial charge in [-0.3, -0.25) is 9.48 Å². The molecule has 6 fully saturated rings. The highest BCUT2D eigenvalue weighted by molar-refractivity contribution is 5.83. The number of carbonyl (C=O) groups excluding carboxylic acids is 1. The van der Waals surface area contributed by atoms with Crippen molar-refractivity contribution < 1.29 is 9.53 Å². The minimum Gasteiger partial charge on any atom is -0.473 e. The lowest BCUT2D eigenvalue weighted by molar-refractivity contribution is -0.157. The van der Waals surface area contributed by atoms with Gasteiger partial charge in [0.25, 0.3) is 0 Å². The number of aromatic nitrogens is 4. The molecule has 7 heteroatoms. The minimum absolute atomic E-state index is 0.00669. The van der Waals surface area contributed by atoms with E-state index in [9.17, 15) is 4.79 Å². The molecule has 8 rings (SSSR count). The van der Waals surface area contributed by atoms with E-state index in [0.29, 0.717) is 23.6 Å². The molecular weight excluding hydrogens is 426 g/mol. The normalized spacial score (nSPS) is 37.9. The Kier molecular flexibility index (Phi) is 4.63. The number of ether oxygens (including phenoxy) is 1. The van der Waals surface area contributed by atoms with Gasteiger partial charge in [-0.25, -0.2) is 0 Å². The Bertz CT molecular complexity index is 1060. The number of amides is 1. The lowest BCUT2D eigenvalue weighted by Gasteiger charge is -2.56. The fourth-order valence-corrected chi connectivity index (χ4v) is 8.76. The van der Waals surface area contributed by atoms with Gasteiger partial charge in [-0.15, -0.1) is 10.2 Å². The van der Waals surface area contributed by atoms with Gasteiger partial charge in [0.05, 0.1) is 16.8 Å². The van der Waals surface area contributed by atoms with Crippen molar-refractivity contribution in [1.29, 1.82) is 0 Å². The zero-order valence-electron chi connectivity index (χ0n) is 20.3. The molecule has 3 heterocycles. The van der Waals surface area contributed by atoms with Crippen molar-refractivity contribution in [1.82, 2.24) is 24.9 Å². The molecule has 1 unspecified atom stereocenters. The lowest BCUT2D eigenvalue weighted by atomic mass is 9.49. The van der Waals surface area contributed by atoms with Crippen molar-refractivity contribution in [2.24, 2.45) is 42.1 Å². The van der Waals surface area contributed by atoms with E-state index >= 15 is 0 Å². The molecular formula is C27H35N5O2. The Morgan fingerprint density at radius 2 is 1.62 bits per heavy atom. The molecule has 180 valence electrons. The molecule has 1 amide bonds. The van der Waals surface area contributed by atoms with Gasteiger partial charge >= 0.3 is 0 Å². The van der Waals surface area contributed by atoms with Crippen molar-refractivity contribution in [3.8, 4) is 17.1 Å². The monoisotopic (exact) mass is 461 g/mol. The zero-order valence-corrected chi connectivity index (χ0v) is 20.3. The van der Waals surface area contributed by atoms with Crippen LogP contribution in [0.1, 0.15) is 57.1 Å². The van der Waals surface area contributed by atoms with E-state index in [1.807, 2.05) is 32.3 Å². The van der Waals surface area contributed by atoms with E-state index in [1.165, 1.54) is 38.5 Å². The van der Waals surface area contributed by atoms with E-state index < -0.39 is 0 Å². The van der Waals surface area contributed by atoms with E-state index in [4.69, 9.17) is 4.74 Å². The van der Waals surface area contributed by atoms with E-state index in [2.05, 4.69) is 20.2 Å². The number of likely N-dealkylation sites (tertiary alicyclic amines) is 1. The third-order valence-corrected chi connectivity index (χ3v) is 9.70. The van der Waals surface area contributed by atoms with Crippen LogP contribution in [0.25, 0.3) is 11.3 Å². The molecule has 1 aliphatic heterocycles. The summed E-state index contributed by atoms with van der Waals surface area (Å²) in [6.45, 7) is 3.84. The Balaban J connectivity index is 0.971. The molecule has 5 aliphatic carbocycles. The summed E-state index contributed by atoms with van der Waals surface area (Å²) in [7, 11) is 1.91. The van der Waals surface area contributed by atoms with Crippen molar-refractivity contribution in [2.45, 2.75) is 64.4 Å². The van der Waals surface area contributed by atoms with Crippen LogP contribution in [-0.2, 0) is 11.8 Å². The van der Waals surface area contributed by atoms with E-state index in [-0.39, 0.29) is 11.5 Å². The van der Waals surface area contributed by atoms with Crippen LogP contribution in [-0.4, -0.2) is 50.0 Å². The molecule has 0 aromatic carbocycles. The molecule has 2 aromatic heterocycles. The summed E-state index contributed by atoms with van der Waals surface area (Å²) in [5.74, 6) is 4.70. The van der Waals surface area contributed by atoms with Gasteiger partial charge in [-0.1, -0.05) is 0 Å². The largest absolute Gasteiger partial charge is 0.473 e. The molecule has 2 aromatic rings. The maximum absolute atomic E-state index is 13.7. The molecule has 0 spiro atoms. The van der Waals surface area contributed by atoms with Crippen molar-refractivity contribution in [3.63, 3.8) is 0 Å². The predicted molar refractivity (Wildman–Crippen MR) is 127 cm³/mol. The molecule has 1 saturated heterocycles. The van der Waals surface area contributed by atoms with Gasteiger partial charge in [0.15, 0.2) is 0 Å². The summed E-state index contributed by atoms with van der Waals surface area (Å²) >= 11 is 0.